The standard InChI is InChI=1S/C13H17F3N2S/c1-3-18(4-2)11(12(17)19)9-5-7-10(8-6-9)13(14,15)16/h5-8,11H,3-4H2,1-2H3,(H2,17,19). The number of benzene rings is 1. The molecule has 0 amide bonds. The lowest BCUT2D eigenvalue weighted by Crippen LogP contribution is -2.36. The molecule has 106 valence electrons. The van der Waals surface area contributed by atoms with Crippen molar-refractivity contribution in [1.29, 1.82) is 0 Å². The van der Waals surface area contributed by atoms with Gasteiger partial charge in [0.05, 0.1) is 16.6 Å². The largest absolute Gasteiger partial charge is 0.416 e. The van der Waals surface area contributed by atoms with Crippen molar-refractivity contribution in [1.82, 2.24) is 4.90 Å². The van der Waals surface area contributed by atoms with E-state index >= 15 is 0 Å². The van der Waals surface area contributed by atoms with E-state index in [-0.39, 0.29) is 11.0 Å². The highest BCUT2D eigenvalue weighted by Crippen LogP contribution is 2.30. The highest BCUT2D eigenvalue weighted by molar-refractivity contribution is 7.80. The van der Waals surface area contributed by atoms with E-state index in [1.807, 2.05) is 18.7 Å². The first-order chi connectivity index (χ1) is 8.81. The van der Waals surface area contributed by atoms with Gasteiger partial charge in [-0.05, 0) is 30.8 Å². The molecule has 1 unspecified atom stereocenters. The number of nitrogens with zero attached hydrogens (tertiary/aromatic N) is 1. The fourth-order valence-corrected chi connectivity index (χ4v) is 2.28. The summed E-state index contributed by atoms with van der Waals surface area (Å²) in [7, 11) is 0. The van der Waals surface area contributed by atoms with Gasteiger partial charge in [0.15, 0.2) is 0 Å². The average molecular weight is 290 g/mol. The first kappa shape index (κ1) is 15.9. The van der Waals surface area contributed by atoms with Crippen LogP contribution in [0.15, 0.2) is 24.3 Å². The van der Waals surface area contributed by atoms with Crippen molar-refractivity contribution in [3.05, 3.63) is 35.4 Å². The molecule has 0 fully saturated rings. The van der Waals surface area contributed by atoms with Crippen molar-refractivity contribution >= 4 is 17.2 Å². The zero-order valence-electron chi connectivity index (χ0n) is 10.9. The number of nitrogens with two attached hydrogens (primary N) is 1. The molecule has 0 aromatic heterocycles. The topological polar surface area (TPSA) is 29.3 Å². The Bertz CT molecular complexity index is 425. The summed E-state index contributed by atoms with van der Waals surface area (Å²) < 4.78 is 37.5. The molecule has 0 spiro atoms. The monoisotopic (exact) mass is 290 g/mol. The van der Waals surface area contributed by atoms with Crippen molar-refractivity contribution in [3.63, 3.8) is 0 Å². The van der Waals surface area contributed by atoms with Crippen LogP contribution in [0.5, 0.6) is 0 Å². The molecule has 0 saturated carbocycles. The first-order valence-electron chi connectivity index (χ1n) is 6.01. The SMILES string of the molecule is CCN(CC)C(C(N)=S)c1ccc(C(F)(F)F)cc1. The summed E-state index contributed by atoms with van der Waals surface area (Å²) in [5.74, 6) is 0. The third kappa shape index (κ3) is 3.91. The maximum absolute atomic E-state index is 12.5. The fraction of sp³-hybridized carbons (Fsp3) is 0.462. The number of thiocarbonyl (C=S) groups is 1. The van der Waals surface area contributed by atoms with Gasteiger partial charge in [0, 0.05) is 0 Å². The summed E-state index contributed by atoms with van der Waals surface area (Å²) in [4.78, 5) is 2.27. The average Bonchev–Trinajstić information content (AvgIpc) is 2.34. The van der Waals surface area contributed by atoms with Gasteiger partial charge in [-0.1, -0.05) is 38.2 Å². The molecular formula is C13H17F3N2S. The third-order valence-corrected chi connectivity index (χ3v) is 3.22. The van der Waals surface area contributed by atoms with Gasteiger partial charge in [0.1, 0.15) is 0 Å². The molecule has 6 heteroatoms. The molecule has 2 N–H and O–H groups in total. The maximum atomic E-state index is 12.5. The van der Waals surface area contributed by atoms with Crippen LogP contribution in [0.2, 0.25) is 0 Å². The molecule has 0 bridgehead atoms. The molecule has 1 atom stereocenters. The minimum Gasteiger partial charge on any atom is -0.392 e. The van der Waals surface area contributed by atoms with Crippen molar-refractivity contribution in [3.8, 4) is 0 Å². The van der Waals surface area contributed by atoms with Gasteiger partial charge < -0.3 is 5.73 Å². The molecule has 0 radical (unpaired) electrons. The Morgan fingerprint density at radius 1 is 1.21 bits per heavy atom. The lowest BCUT2D eigenvalue weighted by molar-refractivity contribution is -0.137. The fourth-order valence-electron chi connectivity index (χ4n) is 2.00. The molecule has 1 aromatic carbocycles. The predicted octanol–water partition coefficient (Wildman–Crippen LogP) is 3.37. The van der Waals surface area contributed by atoms with Gasteiger partial charge in [-0.25, -0.2) is 0 Å². The highest BCUT2D eigenvalue weighted by Gasteiger charge is 2.30. The minimum absolute atomic E-state index is 0.267. The van der Waals surface area contributed by atoms with Crippen molar-refractivity contribution in [2.45, 2.75) is 26.1 Å². The molecular weight excluding hydrogens is 273 g/mol. The van der Waals surface area contributed by atoms with E-state index in [1.165, 1.54) is 12.1 Å². The summed E-state index contributed by atoms with van der Waals surface area (Å²) in [5.41, 5.74) is 5.73. The normalized spacial score (nSPS) is 13.6. The maximum Gasteiger partial charge on any atom is 0.416 e. The molecule has 0 heterocycles. The Balaban J connectivity index is 3.08. The third-order valence-electron chi connectivity index (χ3n) is 3.00. The Labute approximate surface area is 116 Å². The van der Waals surface area contributed by atoms with Gasteiger partial charge in [-0.3, -0.25) is 4.90 Å². The van der Waals surface area contributed by atoms with E-state index in [4.69, 9.17) is 18.0 Å². The zero-order chi connectivity index (χ0) is 14.6. The van der Waals surface area contributed by atoms with Crippen LogP contribution in [0.4, 0.5) is 13.2 Å². The second kappa shape index (κ2) is 6.34. The van der Waals surface area contributed by atoms with Crippen LogP contribution in [-0.2, 0) is 6.18 Å². The highest BCUT2D eigenvalue weighted by atomic mass is 32.1. The van der Waals surface area contributed by atoms with Gasteiger partial charge in [0.25, 0.3) is 0 Å². The van der Waals surface area contributed by atoms with Gasteiger partial charge >= 0.3 is 6.18 Å². The lowest BCUT2D eigenvalue weighted by atomic mass is 10.0. The summed E-state index contributed by atoms with van der Waals surface area (Å²) >= 11 is 5.03. The van der Waals surface area contributed by atoms with E-state index in [0.717, 1.165) is 25.2 Å². The molecule has 0 aliphatic carbocycles. The van der Waals surface area contributed by atoms with E-state index in [2.05, 4.69) is 0 Å². The number of alkyl halides is 3. The summed E-state index contributed by atoms with van der Waals surface area (Å²) in [6, 6.07) is 4.66. The summed E-state index contributed by atoms with van der Waals surface area (Å²) in [5, 5.41) is 0. The van der Waals surface area contributed by atoms with Crippen molar-refractivity contribution in [2.24, 2.45) is 5.73 Å². The Morgan fingerprint density at radius 2 is 1.68 bits per heavy atom. The second-order valence-corrected chi connectivity index (χ2v) is 4.62. The van der Waals surface area contributed by atoms with Gasteiger partial charge in [0.2, 0.25) is 0 Å². The van der Waals surface area contributed by atoms with Crippen LogP contribution in [0.25, 0.3) is 0 Å². The Kier molecular flexibility index (Phi) is 5.31. The first-order valence-corrected chi connectivity index (χ1v) is 6.42. The molecule has 2 nitrogen and oxygen atoms in total. The predicted molar refractivity (Wildman–Crippen MR) is 73.9 cm³/mol. The zero-order valence-corrected chi connectivity index (χ0v) is 11.7. The molecule has 1 rings (SSSR count). The molecule has 19 heavy (non-hydrogen) atoms. The second-order valence-electron chi connectivity index (χ2n) is 4.15. The van der Waals surface area contributed by atoms with Crippen LogP contribution in [0, 0.1) is 0 Å². The van der Waals surface area contributed by atoms with E-state index in [0.29, 0.717) is 5.56 Å². The van der Waals surface area contributed by atoms with Crippen LogP contribution >= 0.6 is 12.2 Å². The van der Waals surface area contributed by atoms with Crippen LogP contribution in [0.1, 0.15) is 31.0 Å². The van der Waals surface area contributed by atoms with E-state index in [1.54, 1.807) is 0 Å². The number of hydrogen-bond acceptors (Lipinski definition) is 2. The molecule has 0 aliphatic rings. The van der Waals surface area contributed by atoms with Crippen molar-refractivity contribution in [2.75, 3.05) is 13.1 Å². The Morgan fingerprint density at radius 3 is 2.00 bits per heavy atom. The smallest absolute Gasteiger partial charge is 0.392 e. The summed E-state index contributed by atoms with van der Waals surface area (Å²) in [6.45, 7) is 5.36. The minimum atomic E-state index is -4.33. The quantitative estimate of drug-likeness (QED) is 0.843. The van der Waals surface area contributed by atoms with Crippen LogP contribution in [-0.4, -0.2) is 23.0 Å². The molecule has 0 aliphatic heterocycles. The number of rotatable bonds is 5. The Hall–Kier alpha value is -1.14. The lowest BCUT2D eigenvalue weighted by Gasteiger charge is -2.29. The molecule has 1 aromatic rings. The number of halogens is 3. The van der Waals surface area contributed by atoms with E-state index in [9.17, 15) is 13.2 Å². The summed E-state index contributed by atoms with van der Waals surface area (Å²) in [6.07, 6.45) is -4.33. The molecule has 0 saturated heterocycles. The van der Waals surface area contributed by atoms with E-state index < -0.39 is 11.7 Å². The van der Waals surface area contributed by atoms with Gasteiger partial charge in [-0.2, -0.15) is 13.2 Å². The number of likely N-dealkylation sites (N-methyl/N-ethyl adjacent to an activating group) is 1. The number of hydrogen-bond donors (Lipinski definition) is 1. The van der Waals surface area contributed by atoms with Crippen LogP contribution < -0.4 is 5.73 Å². The van der Waals surface area contributed by atoms with Crippen molar-refractivity contribution < 1.29 is 13.2 Å². The van der Waals surface area contributed by atoms with Crippen LogP contribution in [0.3, 0.4) is 0 Å². The van der Waals surface area contributed by atoms with Gasteiger partial charge in [-0.15, -0.1) is 0 Å².